The first-order valence-electron chi connectivity index (χ1n) is 10.4. The second-order valence-corrected chi connectivity index (χ2v) is 8.03. The largest absolute Gasteiger partial charge is 0.494 e. The predicted molar refractivity (Wildman–Crippen MR) is 118 cm³/mol. The van der Waals surface area contributed by atoms with Crippen LogP contribution < -0.4 is 15.6 Å². The molecule has 0 saturated heterocycles. The van der Waals surface area contributed by atoms with Gasteiger partial charge in [0.1, 0.15) is 16.5 Å². The molecule has 0 bridgehead atoms. The minimum absolute atomic E-state index is 0.254. The molecule has 0 fully saturated rings. The van der Waals surface area contributed by atoms with Crippen molar-refractivity contribution in [2.75, 3.05) is 6.61 Å². The van der Waals surface area contributed by atoms with Gasteiger partial charge in [0.2, 0.25) is 0 Å². The Bertz CT molecular complexity index is 847. The number of carbonyl (C=O) groups excluding carboxylic acids is 2. The third-order valence-corrected chi connectivity index (χ3v) is 4.89. The average Bonchev–Trinajstić information content (AvgIpc) is 2.98. The van der Waals surface area contributed by atoms with Crippen LogP contribution in [0.15, 0.2) is 24.3 Å². The van der Waals surface area contributed by atoms with E-state index in [0.29, 0.717) is 36.1 Å². The molecule has 2 rings (SSSR count). The molecule has 2 amide bonds. The molecule has 30 heavy (non-hydrogen) atoms. The molecule has 8 heteroatoms. The van der Waals surface area contributed by atoms with E-state index < -0.39 is 11.8 Å². The predicted octanol–water partition coefficient (Wildman–Crippen LogP) is 4.53. The number of halogens is 1. The van der Waals surface area contributed by atoms with Gasteiger partial charge in [-0.3, -0.25) is 25.1 Å². The Hall–Kier alpha value is -2.54. The van der Waals surface area contributed by atoms with Gasteiger partial charge in [0.05, 0.1) is 12.3 Å². The lowest BCUT2D eigenvalue weighted by Crippen LogP contribution is -2.41. The van der Waals surface area contributed by atoms with E-state index in [1.54, 1.807) is 35.9 Å². The Balaban J connectivity index is 1.88. The molecule has 2 N–H and O–H groups in total. The van der Waals surface area contributed by atoms with Crippen LogP contribution in [0.3, 0.4) is 0 Å². The van der Waals surface area contributed by atoms with Crippen LogP contribution in [0.25, 0.3) is 0 Å². The summed E-state index contributed by atoms with van der Waals surface area (Å²) in [4.78, 5) is 24.8. The number of benzene rings is 1. The highest BCUT2D eigenvalue weighted by Crippen LogP contribution is 2.20. The fraction of sp³-hybridized carbons (Fsp3) is 0.500. The molecule has 7 nitrogen and oxygen atoms in total. The van der Waals surface area contributed by atoms with Crippen molar-refractivity contribution in [1.29, 1.82) is 0 Å². The number of hydrogen-bond acceptors (Lipinski definition) is 4. The van der Waals surface area contributed by atoms with Gasteiger partial charge in [-0.1, -0.05) is 51.6 Å². The Kier molecular flexibility index (Phi) is 9.17. The zero-order valence-electron chi connectivity index (χ0n) is 18.1. The van der Waals surface area contributed by atoms with E-state index in [4.69, 9.17) is 16.3 Å². The summed E-state index contributed by atoms with van der Waals surface area (Å²) in [5.41, 5.74) is 5.99. The lowest BCUT2D eigenvalue weighted by molar-refractivity contribution is 0.0846. The van der Waals surface area contributed by atoms with Crippen LogP contribution in [-0.2, 0) is 6.54 Å². The summed E-state index contributed by atoms with van der Waals surface area (Å²) in [6.45, 7) is 9.22. The molecule has 0 radical (unpaired) electrons. The molecule has 0 aliphatic heterocycles. The van der Waals surface area contributed by atoms with Crippen molar-refractivity contribution < 1.29 is 14.3 Å². The molecule has 0 atom stereocenters. The van der Waals surface area contributed by atoms with Gasteiger partial charge in [-0.25, -0.2) is 0 Å². The average molecular weight is 435 g/mol. The summed E-state index contributed by atoms with van der Waals surface area (Å²) in [5.74, 6) is 0.113. The van der Waals surface area contributed by atoms with Crippen LogP contribution in [0.2, 0.25) is 5.15 Å². The van der Waals surface area contributed by atoms with E-state index in [9.17, 15) is 9.59 Å². The zero-order chi connectivity index (χ0) is 22.1. The first-order valence-corrected chi connectivity index (χ1v) is 10.8. The number of ether oxygens (including phenoxy) is 1. The van der Waals surface area contributed by atoms with Crippen molar-refractivity contribution in [2.45, 2.75) is 59.9 Å². The first-order chi connectivity index (χ1) is 14.3. The third-order valence-electron chi connectivity index (χ3n) is 4.50. The number of aryl methyl sites for hydroxylation is 1. The molecule has 2 aromatic rings. The monoisotopic (exact) mass is 434 g/mol. The standard InChI is InChI=1S/C22H31ClN4O3/c1-5-6-7-8-13-30-18-11-9-17(10-12-18)21(28)24-25-22(29)19-16(4)26-27(20(19)23)14-15(2)3/h9-12,15H,5-8,13-14H2,1-4H3,(H,24,28)(H,25,29). The van der Waals surface area contributed by atoms with E-state index in [2.05, 4.69) is 22.9 Å². The number of amides is 2. The maximum atomic E-state index is 12.5. The molecule has 0 unspecified atom stereocenters. The Morgan fingerprint density at radius 3 is 2.40 bits per heavy atom. The lowest BCUT2D eigenvalue weighted by atomic mass is 10.2. The second-order valence-electron chi connectivity index (χ2n) is 7.67. The van der Waals surface area contributed by atoms with Gasteiger partial charge in [-0.2, -0.15) is 5.10 Å². The van der Waals surface area contributed by atoms with Crippen molar-refractivity contribution in [1.82, 2.24) is 20.6 Å². The smallest absolute Gasteiger partial charge is 0.274 e. The summed E-state index contributed by atoms with van der Waals surface area (Å²) in [7, 11) is 0. The molecule has 0 spiro atoms. The molecular weight excluding hydrogens is 404 g/mol. The molecule has 1 heterocycles. The minimum Gasteiger partial charge on any atom is -0.494 e. The number of rotatable bonds is 10. The van der Waals surface area contributed by atoms with Gasteiger partial charge in [-0.05, 0) is 43.5 Å². The molecule has 0 aliphatic carbocycles. The first kappa shape index (κ1) is 23.7. The van der Waals surface area contributed by atoms with Gasteiger partial charge < -0.3 is 4.74 Å². The van der Waals surface area contributed by atoms with E-state index >= 15 is 0 Å². The number of hydrazine groups is 1. The van der Waals surface area contributed by atoms with Crippen LogP contribution in [0, 0.1) is 12.8 Å². The van der Waals surface area contributed by atoms with Crippen LogP contribution in [-0.4, -0.2) is 28.2 Å². The molecule has 0 aliphatic rings. The van der Waals surface area contributed by atoms with Crippen LogP contribution in [0.4, 0.5) is 0 Å². The minimum atomic E-state index is -0.507. The summed E-state index contributed by atoms with van der Waals surface area (Å²) >= 11 is 6.30. The topological polar surface area (TPSA) is 85.2 Å². The number of nitrogens with zero attached hydrogens (tertiary/aromatic N) is 2. The molecular formula is C22H31ClN4O3. The highest BCUT2D eigenvalue weighted by atomic mass is 35.5. The summed E-state index contributed by atoms with van der Waals surface area (Å²) in [5, 5.41) is 4.56. The fourth-order valence-electron chi connectivity index (χ4n) is 2.95. The fourth-order valence-corrected chi connectivity index (χ4v) is 3.28. The maximum absolute atomic E-state index is 12.5. The highest BCUT2D eigenvalue weighted by Gasteiger charge is 2.21. The van der Waals surface area contributed by atoms with Crippen molar-refractivity contribution in [3.63, 3.8) is 0 Å². The summed E-state index contributed by atoms with van der Waals surface area (Å²) in [6, 6.07) is 6.80. The van der Waals surface area contributed by atoms with Gasteiger partial charge in [-0.15, -0.1) is 0 Å². The van der Waals surface area contributed by atoms with Crippen LogP contribution >= 0.6 is 11.6 Å². The number of aromatic nitrogens is 2. The third kappa shape index (κ3) is 6.76. The van der Waals surface area contributed by atoms with E-state index in [1.807, 2.05) is 13.8 Å². The van der Waals surface area contributed by atoms with E-state index in [0.717, 1.165) is 12.8 Å². The normalized spacial score (nSPS) is 10.9. The number of hydrogen-bond donors (Lipinski definition) is 2. The quantitative estimate of drug-likeness (QED) is 0.424. The van der Waals surface area contributed by atoms with Crippen LogP contribution in [0.1, 0.15) is 72.9 Å². The van der Waals surface area contributed by atoms with Gasteiger partial charge >= 0.3 is 0 Å². The summed E-state index contributed by atoms with van der Waals surface area (Å²) in [6.07, 6.45) is 4.55. The second kappa shape index (κ2) is 11.6. The van der Waals surface area contributed by atoms with Crippen LogP contribution in [0.5, 0.6) is 5.75 Å². The Labute approximate surface area is 183 Å². The lowest BCUT2D eigenvalue weighted by Gasteiger charge is -2.09. The highest BCUT2D eigenvalue weighted by molar-refractivity contribution is 6.33. The van der Waals surface area contributed by atoms with Gasteiger partial charge in [0, 0.05) is 12.1 Å². The van der Waals surface area contributed by atoms with Gasteiger partial charge in [0.25, 0.3) is 11.8 Å². The zero-order valence-corrected chi connectivity index (χ0v) is 18.9. The van der Waals surface area contributed by atoms with Gasteiger partial charge in [0.15, 0.2) is 0 Å². The maximum Gasteiger partial charge on any atom is 0.274 e. The van der Waals surface area contributed by atoms with Crippen molar-refractivity contribution >= 4 is 23.4 Å². The number of unbranched alkanes of at least 4 members (excludes halogenated alkanes) is 3. The molecule has 164 valence electrons. The van der Waals surface area contributed by atoms with Crippen molar-refractivity contribution in [2.24, 2.45) is 5.92 Å². The van der Waals surface area contributed by atoms with E-state index in [-0.39, 0.29) is 10.7 Å². The SMILES string of the molecule is CCCCCCOc1ccc(C(=O)NNC(=O)c2c(C)nn(CC(C)C)c2Cl)cc1. The molecule has 0 saturated carbocycles. The van der Waals surface area contributed by atoms with E-state index in [1.165, 1.54) is 12.8 Å². The number of carbonyl (C=O) groups is 2. The summed E-state index contributed by atoms with van der Waals surface area (Å²) < 4.78 is 7.27. The molecule has 1 aromatic carbocycles. The van der Waals surface area contributed by atoms with Crippen molar-refractivity contribution in [3.05, 3.63) is 46.2 Å². The Morgan fingerprint density at radius 2 is 1.77 bits per heavy atom. The number of nitrogens with one attached hydrogen (secondary N) is 2. The van der Waals surface area contributed by atoms with Crippen molar-refractivity contribution in [3.8, 4) is 5.75 Å². The Morgan fingerprint density at radius 1 is 1.10 bits per heavy atom. The molecule has 1 aromatic heterocycles.